The van der Waals surface area contributed by atoms with Gasteiger partial charge in [0.25, 0.3) is 5.91 Å². The monoisotopic (exact) mass is 386 g/mol. The zero-order valence-electron chi connectivity index (χ0n) is 15.4. The average molecular weight is 386 g/mol. The summed E-state index contributed by atoms with van der Waals surface area (Å²) in [7, 11) is 0. The highest BCUT2D eigenvalue weighted by Gasteiger charge is 2.52. The van der Waals surface area contributed by atoms with Crippen LogP contribution in [0.2, 0.25) is 0 Å². The number of halogens is 2. The summed E-state index contributed by atoms with van der Waals surface area (Å²) in [6.45, 7) is 1.37. The Morgan fingerprint density at radius 3 is 2.39 bits per heavy atom. The van der Waals surface area contributed by atoms with Crippen molar-refractivity contribution in [3.63, 3.8) is 0 Å². The van der Waals surface area contributed by atoms with Crippen molar-refractivity contribution in [3.8, 4) is 0 Å². The van der Waals surface area contributed by atoms with Gasteiger partial charge in [0.1, 0.15) is 17.2 Å². The second kappa shape index (κ2) is 7.88. The predicted molar refractivity (Wildman–Crippen MR) is 98.6 cm³/mol. The minimum Gasteiger partial charge on any atom is -0.319 e. The van der Waals surface area contributed by atoms with Gasteiger partial charge in [-0.15, -0.1) is 0 Å². The van der Waals surface area contributed by atoms with Gasteiger partial charge in [-0.2, -0.15) is 0 Å². The minimum absolute atomic E-state index is 0.184. The fourth-order valence-electron chi connectivity index (χ4n) is 3.37. The standard InChI is InChI=1S/C21H20F2N2O3/c1-2-3-12-21(14-8-10-15(22)11-9-14)19(27)25(20(28)24-21)13-18(26)16-6-4-5-7-17(16)23/h4-11H,2-3,12-13H2,1H3,(H,24,28)/t21-/m1/s1. The molecule has 7 heteroatoms. The molecule has 5 nitrogen and oxygen atoms in total. The fourth-order valence-corrected chi connectivity index (χ4v) is 3.37. The lowest BCUT2D eigenvalue weighted by Gasteiger charge is -2.27. The van der Waals surface area contributed by atoms with E-state index >= 15 is 0 Å². The molecule has 1 atom stereocenters. The first kappa shape index (κ1) is 19.7. The highest BCUT2D eigenvalue weighted by molar-refractivity contribution is 6.11. The molecular weight excluding hydrogens is 366 g/mol. The molecule has 0 aromatic heterocycles. The van der Waals surface area contributed by atoms with Crippen LogP contribution >= 0.6 is 0 Å². The number of unbranched alkanes of at least 4 members (excludes halogenated alkanes) is 1. The van der Waals surface area contributed by atoms with Gasteiger partial charge in [-0.3, -0.25) is 14.5 Å². The van der Waals surface area contributed by atoms with E-state index in [9.17, 15) is 23.2 Å². The van der Waals surface area contributed by atoms with Crippen LogP contribution in [0.15, 0.2) is 48.5 Å². The zero-order chi connectivity index (χ0) is 20.3. The highest BCUT2D eigenvalue weighted by atomic mass is 19.1. The van der Waals surface area contributed by atoms with Crippen molar-refractivity contribution in [1.82, 2.24) is 10.2 Å². The molecule has 3 rings (SSSR count). The molecule has 0 saturated carbocycles. The Labute approximate surface area is 161 Å². The molecule has 1 N–H and O–H groups in total. The first-order valence-corrected chi connectivity index (χ1v) is 9.07. The number of imide groups is 1. The number of carbonyl (C=O) groups is 3. The van der Waals surface area contributed by atoms with Crippen molar-refractivity contribution >= 4 is 17.7 Å². The third kappa shape index (κ3) is 3.52. The molecule has 0 unspecified atom stereocenters. The molecule has 1 fully saturated rings. The van der Waals surface area contributed by atoms with Crippen molar-refractivity contribution in [3.05, 3.63) is 71.3 Å². The average Bonchev–Trinajstić information content (AvgIpc) is 2.92. The summed E-state index contributed by atoms with van der Waals surface area (Å²) in [5, 5.41) is 2.68. The number of hydrogen-bond acceptors (Lipinski definition) is 3. The largest absolute Gasteiger partial charge is 0.325 e. The van der Waals surface area contributed by atoms with E-state index in [-0.39, 0.29) is 5.56 Å². The number of hydrogen-bond donors (Lipinski definition) is 1. The Hall–Kier alpha value is -3.09. The maximum atomic E-state index is 13.9. The van der Waals surface area contributed by atoms with E-state index in [0.717, 1.165) is 17.4 Å². The van der Waals surface area contributed by atoms with Crippen molar-refractivity contribution in [2.45, 2.75) is 31.7 Å². The van der Waals surface area contributed by atoms with E-state index in [1.807, 2.05) is 6.92 Å². The summed E-state index contributed by atoms with van der Waals surface area (Å²) in [4.78, 5) is 39.0. The van der Waals surface area contributed by atoms with Gasteiger partial charge in [-0.25, -0.2) is 13.6 Å². The van der Waals surface area contributed by atoms with Crippen molar-refractivity contribution in [2.75, 3.05) is 6.54 Å². The molecule has 0 bridgehead atoms. The lowest BCUT2D eigenvalue weighted by Crippen LogP contribution is -2.44. The first-order chi connectivity index (χ1) is 13.4. The van der Waals surface area contributed by atoms with E-state index in [0.29, 0.717) is 18.4 Å². The molecule has 2 aromatic carbocycles. The van der Waals surface area contributed by atoms with Crippen LogP contribution in [0.4, 0.5) is 13.6 Å². The molecular formula is C21H20F2N2O3. The fraction of sp³-hybridized carbons (Fsp3) is 0.286. The second-order valence-electron chi connectivity index (χ2n) is 6.74. The van der Waals surface area contributed by atoms with Crippen molar-refractivity contribution in [2.24, 2.45) is 0 Å². The maximum Gasteiger partial charge on any atom is 0.325 e. The summed E-state index contributed by atoms with van der Waals surface area (Å²) in [6, 6.07) is 10.0. The molecule has 0 spiro atoms. The van der Waals surface area contributed by atoms with Gasteiger partial charge in [0, 0.05) is 0 Å². The van der Waals surface area contributed by atoms with Crippen LogP contribution in [-0.4, -0.2) is 29.2 Å². The smallest absolute Gasteiger partial charge is 0.319 e. The molecule has 1 heterocycles. The van der Waals surface area contributed by atoms with Crippen LogP contribution in [0.1, 0.15) is 42.1 Å². The summed E-state index contributed by atoms with van der Waals surface area (Å²) < 4.78 is 27.2. The number of benzene rings is 2. The second-order valence-corrected chi connectivity index (χ2v) is 6.74. The number of nitrogens with one attached hydrogen (secondary N) is 1. The van der Waals surface area contributed by atoms with Crippen LogP contribution in [0.5, 0.6) is 0 Å². The Morgan fingerprint density at radius 2 is 1.75 bits per heavy atom. The molecule has 0 radical (unpaired) electrons. The third-order valence-electron chi connectivity index (χ3n) is 4.89. The maximum absolute atomic E-state index is 13.9. The molecule has 146 valence electrons. The number of urea groups is 1. The van der Waals surface area contributed by atoms with Crippen LogP contribution in [0, 0.1) is 11.6 Å². The Kier molecular flexibility index (Phi) is 5.53. The van der Waals surface area contributed by atoms with Crippen LogP contribution in [0.3, 0.4) is 0 Å². The van der Waals surface area contributed by atoms with Crippen LogP contribution in [-0.2, 0) is 10.3 Å². The topological polar surface area (TPSA) is 66.5 Å². The van der Waals surface area contributed by atoms with E-state index in [4.69, 9.17) is 0 Å². The lowest BCUT2D eigenvalue weighted by molar-refractivity contribution is -0.131. The van der Waals surface area contributed by atoms with Crippen LogP contribution < -0.4 is 5.32 Å². The normalized spacial score (nSPS) is 19.0. The Balaban J connectivity index is 1.91. The van der Waals surface area contributed by atoms with E-state index in [1.54, 1.807) is 0 Å². The summed E-state index contributed by atoms with van der Waals surface area (Å²) in [6.07, 6.45) is 1.73. The SMILES string of the molecule is CCCC[C@]1(c2ccc(F)cc2)NC(=O)N(CC(=O)c2ccccc2F)C1=O. The number of ketones is 1. The number of nitrogens with zero attached hydrogens (tertiary/aromatic N) is 1. The van der Waals surface area contributed by atoms with Gasteiger partial charge in [-0.05, 0) is 36.2 Å². The molecule has 2 aromatic rings. The van der Waals surface area contributed by atoms with E-state index in [2.05, 4.69) is 5.32 Å². The lowest BCUT2D eigenvalue weighted by atomic mass is 9.84. The first-order valence-electron chi connectivity index (χ1n) is 9.07. The Morgan fingerprint density at radius 1 is 1.07 bits per heavy atom. The Bertz CT molecular complexity index is 914. The van der Waals surface area contributed by atoms with Gasteiger partial charge < -0.3 is 5.32 Å². The minimum atomic E-state index is -1.36. The molecule has 1 aliphatic heterocycles. The number of carbonyl (C=O) groups excluding carboxylic acids is 3. The van der Waals surface area contributed by atoms with Gasteiger partial charge in [0.05, 0.1) is 12.1 Å². The number of rotatable bonds is 7. The summed E-state index contributed by atoms with van der Waals surface area (Å²) >= 11 is 0. The predicted octanol–water partition coefficient (Wildman–Crippen LogP) is 3.79. The molecule has 1 saturated heterocycles. The summed E-state index contributed by atoms with van der Waals surface area (Å²) in [5.74, 6) is -2.44. The van der Waals surface area contributed by atoms with Gasteiger partial charge in [-0.1, -0.05) is 44.0 Å². The van der Waals surface area contributed by atoms with Crippen LogP contribution in [0.25, 0.3) is 0 Å². The molecule has 3 amide bonds. The van der Waals surface area contributed by atoms with Crippen molar-refractivity contribution < 1.29 is 23.2 Å². The summed E-state index contributed by atoms with van der Waals surface area (Å²) in [5.41, 5.74) is -1.10. The third-order valence-corrected chi connectivity index (χ3v) is 4.89. The van der Waals surface area contributed by atoms with E-state index < -0.39 is 41.4 Å². The quantitative estimate of drug-likeness (QED) is 0.582. The molecule has 28 heavy (non-hydrogen) atoms. The number of amides is 3. The van der Waals surface area contributed by atoms with Crippen molar-refractivity contribution in [1.29, 1.82) is 0 Å². The molecule has 0 aliphatic carbocycles. The highest BCUT2D eigenvalue weighted by Crippen LogP contribution is 2.34. The zero-order valence-corrected chi connectivity index (χ0v) is 15.4. The number of Topliss-reactive ketones (excluding diaryl/α,β-unsaturated/α-hetero) is 1. The van der Waals surface area contributed by atoms with E-state index in [1.165, 1.54) is 42.5 Å². The van der Waals surface area contributed by atoms with Gasteiger partial charge in [0.15, 0.2) is 5.78 Å². The van der Waals surface area contributed by atoms with Gasteiger partial charge in [0.2, 0.25) is 0 Å². The molecule has 1 aliphatic rings. The van der Waals surface area contributed by atoms with Gasteiger partial charge >= 0.3 is 6.03 Å².